The number of benzene rings is 1. The van der Waals surface area contributed by atoms with E-state index < -0.39 is 11.9 Å². The van der Waals surface area contributed by atoms with Crippen molar-refractivity contribution in [3.8, 4) is 0 Å². The summed E-state index contributed by atoms with van der Waals surface area (Å²) in [5.74, 6) is 0.250. The molecule has 0 saturated heterocycles. The molecule has 0 saturated carbocycles. The smallest absolute Gasteiger partial charge is 0.356 e. The summed E-state index contributed by atoms with van der Waals surface area (Å²) < 4.78 is 51.0. The summed E-state index contributed by atoms with van der Waals surface area (Å²) in [6, 6.07) is 6.53. The van der Waals surface area contributed by atoms with E-state index in [0.29, 0.717) is 42.5 Å². The number of nitrogens with zero attached hydrogens (tertiary/aromatic N) is 2. The number of rotatable bonds is 6. The summed E-state index contributed by atoms with van der Waals surface area (Å²) >= 11 is 0.979. The molecule has 0 aliphatic carbocycles. The Bertz CT molecular complexity index is 718. The van der Waals surface area contributed by atoms with E-state index in [1.165, 1.54) is 6.07 Å². The number of aliphatic imine (C=N–C) groups is 1. The van der Waals surface area contributed by atoms with Crippen LogP contribution in [0, 0.1) is 5.82 Å². The molecular weight excluding hydrogens is 483 g/mol. The molecule has 0 radical (unpaired) electrons. The zero-order valence-electron chi connectivity index (χ0n) is 13.9. The minimum absolute atomic E-state index is 0. The Morgan fingerprint density at radius 1 is 1.15 bits per heavy atom. The second kappa shape index (κ2) is 10.7. The second-order valence-corrected chi connectivity index (χ2v) is 6.08. The third-order valence-corrected chi connectivity index (χ3v) is 4.25. The first-order valence-corrected chi connectivity index (χ1v) is 8.47. The van der Waals surface area contributed by atoms with E-state index in [2.05, 4.69) is 20.6 Å². The molecule has 0 aliphatic heterocycles. The van der Waals surface area contributed by atoms with Crippen LogP contribution in [0.4, 0.5) is 17.6 Å². The zero-order valence-corrected chi connectivity index (χ0v) is 17.1. The van der Waals surface area contributed by atoms with Crippen LogP contribution >= 0.6 is 35.3 Å². The van der Waals surface area contributed by atoms with Crippen LogP contribution in [0.1, 0.15) is 16.3 Å². The maximum Gasteiger partial charge on any atom is 0.434 e. The fourth-order valence-corrected chi connectivity index (χ4v) is 2.89. The number of hydrogen-bond donors (Lipinski definition) is 2. The van der Waals surface area contributed by atoms with Gasteiger partial charge in [0.25, 0.3) is 0 Å². The highest BCUT2D eigenvalue weighted by atomic mass is 127. The van der Waals surface area contributed by atoms with Gasteiger partial charge >= 0.3 is 6.18 Å². The van der Waals surface area contributed by atoms with E-state index in [9.17, 15) is 17.6 Å². The van der Waals surface area contributed by atoms with Gasteiger partial charge in [-0.05, 0) is 18.1 Å². The number of nitrogens with one attached hydrogen (secondary N) is 2. The van der Waals surface area contributed by atoms with E-state index in [0.717, 1.165) is 16.7 Å². The van der Waals surface area contributed by atoms with E-state index >= 15 is 0 Å². The van der Waals surface area contributed by atoms with Crippen molar-refractivity contribution in [1.29, 1.82) is 0 Å². The van der Waals surface area contributed by atoms with Crippen LogP contribution in [0.5, 0.6) is 0 Å². The molecule has 2 aromatic rings. The maximum absolute atomic E-state index is 13.5. The summed E-state index contributed by atoms with van der Waals surface area (Å²) in [6.45, 7) is 0.875. The molecule has 4 nitrogen and oxygen atoms in total. The lowest BCUT2D eigenvalue weighted by Crippen LogP contribution is -2.39. The van der Waals surface area contributed by atoms with E-state index in [1.807, 2.05) is 0 Å². The highest BCUT2D eigenvalue weighted by Gasteiger charge is 2.33. The average Bonchev–Trinajstić information content (AvgIpc) is 3.04. The van der Waals surface area contributed by atoms with Crippen molar-refractivity contribution in [2.45, 2.75) is 19.0 Å². The zero-order chi connectivity index (χ0) is 18.3. The second-order valence-electron chi connectivity index (χ2n) is 5.14. The van der Waals surface area contributed by atoms with Gasteiger partial charge in [-0.15, -0.1) is 35.3 Å². The largest absolute Gasteiger partial charge is 0.434 e. The molecule has 0 spiro atoms. The number of guanidine groups is 1. The van der Waals surface area contributed by atoms with Crippen LogP contribution in [0.25, 0.3) is 0 Å². The maximum atomic E-state index is 13.5. The van der Waals surface area contributed by atoms with Crippen LogP contribution in [-0.4, -0.2) is 31.1 Å². The van der Waals surface area contributed by atoms with E-state index in [-0.39, 0.29) is 29.8 Å². The van der Waals surface area contributed by atoms with Gasteiger partial charge in [-0.2, -0.15) is 13.2 Å². The summed E-state index contributed by atoms with van der Waals surface area (Å²) in [7, 11) is 1.59. The van der Waals surface area contributed by atoms with Crippen molar-refractivity contribution in [1.82, 2.24) is 15.6 Å². The summed E-state index contributed by atoms with van der Waals surface area (Å²) in [6.07, 6.45) is -3.56. The fraction of sp³-hybridized carbons (Fsp3) is 0.375. The Hall–Kier alpha value is -1.43. The van der Waals surface area contributed by atoms with Gasteiger partial charge < -0.3 is 10.6 Å². The van der Waals surface area contributed by atoms with E-state index in [1.54, 1.807) is 25.2 Å². The van der Waals surface area contributed by atoms with Crippen molar-refractivity contribution in [2.75, 3.05) is 20.1 Å². The van der Waals surface area contributed by atoms with Gasteiger partial charge in [0.1, 0.15) is 5.82 Å². The number of hydrogen-bond acceptors (Lipinski definition) is 3. The summed E-state index contributed by atoms with van der Waals surface area (Å²) in [5, 5.41) is 7.45. The first kappa shape index (κ1) is 22.6. The van der Waals surface area contributed by atoms with Crippen molar-refractivity contribution < 1.29 is 17.6 Å². The van der Waals surface area contributed by atoms with Crippen molar-refractivity contribution in [2.24, 2.45) is 4.99 Å². The lowest BCUT2D eigenvalue weighted by molar-refractivity contribution is -0.140. The van der Waals surface area contributed by atoms with Gasteiger partial charge in [-0.25, -0.2) is 9.37 Å². The highest BCUT2D eigenvalue weighted by Crippen LogP contribution is 2.29. The van der Waals surface area contributed by atoms with Crippen molar-refractivity contribution >= 4 is 41.3 Å². The molecule has 10 heteroatoms. The Balaban J connectivity index is 0.00000338. The minimum Gasteiger partial charge on any atom is -0.356 e. The highest BCUT2D eigenvalue weighted by molar-refractivity contribution is 14.0. The third-order valence-electron chi connectivity index (χ3n) is 3.34. The fourth-order valence-electron chi connectivity index (χ4n) is 2.08. The molecule has 0 bridgehead atoms. The SMILES string of the molecule is CN=C(NCCc1nc(C(F)(F)F)cs1)NCCc1ccccc1F.I. The first-order valence-electron chi connectivity index (χ1n) is 7.59. The Kier molecular flexibility index (Phi) is 9.27. The Morgan fingerprint density at radius 3 is 2.38 bits per heavy atom. The van der Waals surface area contributed by atoms with Crippen molar-refractivity contribution in [3.05, 3.63) is 51.7 Å². The number of alkyl halides is 3. The van der Waals surface area contributed by atoms with Gasteiger partial charge in [-0.1, -0.05) is 18.2 Å². The predicted octanol–water partition coefficient (Wildman–Crippen LogP) is 3.87. The number of aromatic nitrogens is 1. The standard InChI is InChI=1S/C16H18F4N4S.HI/c1-21-15(22-8-6-11-4-2-3-5-12(11)17)23-9-7-14-24-13(10-25-14)16(18,19)20;/h2-5,10H,6-9H2,1H3,(H2,21,22,23);1H. The molecule has 0 atom stereocenters. The normalized spacial score (nSPS) is 11.8. The number of halogens is 5. The van der Waals surface area contributed by atoms with Gasteiger partial charge in [0.15, 0.2) is 11.7 Å². The summed E-state index contributed by atoms with van der Waals surface area (Å²) in [5.41, 5.74) is -0.257. The molecule has 1 aromatic carbocycles. The van der Waals surface area contributed by atoms with Gasteiger partial charge in [-0.3, -0.25) is 4.99 Å². The van der Waals surface area contributed by atoms with Crippen LogP contribution in [-0.2, 0) is 19.0 Å². The molecular formula is C16H19F4IN4S. The van der Waals surface area contributed by atoms with E-state index in [4.69, 9.17) is 0 Å². The Labute approximate surface area is 170 Å². The van der Waals surface area contributed by atoms with Gasteiger partial charge in [0, 0.05) is 31.9 Å². The Morgan fingerprint density at radius 2 is 1.81 bits per heavy atom. The summed E-state index contributed by atoms with van der Waals surface area (Å²) in [4.78, 5) is 7.59. The quantitative estimate of drug-likeness (QED) is 0.273. The molecule has 1 heterocycles. The molecule has 0 unspecified atom stereocenters. The molecule has 144 valence electrons. The average molecular weight is 502 g/mol. The lowest BCUT2D eigenvalue weighted by Gasteiger charge is -2.11. The molecule has 0 amide bonds. The monoisotopic (exact) mass is 502 g/mol. The van der Waals surface area contributed by atoms with Crippen LogP contribution in [0.15, 0.2) is 34.6 Å². The first-order chi connectivity index (χ1) is 11.9. The predicted molar refractivity (Wildman–Crippen MR) is 106 cm³/mol. The molecule has 26 heavy (non-hydrogen) atoms. The van der Waals surface area contributed by atoms with Gasteiger partial charge in [0.05, 0.1) is 5.01 Å². The van der Waals surface area contributed by atoms with Gasteiger partial charge in [0.2, 0.25) is 0 Å². The molecule has 2 N–H and O–H groups in total. The number of thiazole rings is 1. The molecule has 1 aromatic heterocycles. The third kappa shape index (κ3) is 7.06. The van der Waals surface area contributed by atoms with Crippen molar-refractivity contribution in [3.63, 3.8) is 0 Å². The van der Waals surface area contributed by atoms with Crippen LogP contribution < -0.4 is 10.6 Å². The lowest BCUT2D eigenvalue weighted by atomic mass is 10.1. The molecule has 2 rings (SSSR count). The van der Waals surface area contributed by atoms with Crippen LogP contribution in [0.3, 0.4) is 0 Å². The molecule has 0 fully saturated rings. The topological polar surface area (TPSA) is 49.3 Å². The molecule has 0 aliphatic rings. The minimum atomic E-state index is -4.41. The van der Waals surface area contributed by atoms with Crippen LogP contribution in [0.2, 0.25) is 0 Å².